The second-order valence-corrected chi connectivity index (χ2v) is 7.74. The topological polar surface area (TPSA) is 58.2 Å². The maximum absolute atomic E-state index is 11.8. The van der Waals surface area contributed by atoms with Crippen molar-refractivity contribution in [3.8, 4) is 0 Å². The third kappa shape index (κ3) is 4.61. The number of sulfonamides is 1. The minimum absolute atomic E-state index is 0.362. The van der Waals surface area contributed by atoms with Crippen LogP contribution in [0.15, 0.2) is 0 Å². The standard InChI is InChI=1S/C10H22N2O2S2/c1-3-11-7-9(2)16(13,14)12-8-10-5-4-6-15-10/h9-12H,3-8H2,1-2H3. The van der Waals surface area contributed by atoms with Gasteiger partial charge in [0.25, 0.3) is 0 Å². The number of thioether (sulfide) groups is 1. The molecule has 16 heavy (non-hydrogen) atoms. The molecule has 1 fully saturated rings. The summed E-state index contributed by atoms with van der Waals surface area (Å²) in [4.78, 5) is 0. The Morgan fingerprint density at radius 3 is 2.81 bits per heavy atom. The third-order valence-electron chi connectivity index (χ3n) is 2.75. The van der Waals surface area contributed by atoms with E-state index in [0.29, 0.717) is 18.3 Å². The smallest absolute Gasteiger partial charge is 0.215 e. The highest BCUT2D eigenvalue weighted by molar-refractivity contribution is 8.00. The van der Waals surface area contributed by atoms with Gasteiger partial charge in [0.2, 0.25) is 10.0 Å². The lowest BCUT2D eigenvalue weighted by atomic mass is 10.2. The van der Waals surface area contributed by atoms with Crippen molar-refractivity contribution in [2.75, 3.05) is 25.4 Å². The zero-order chi connectivity index (χ0) is 12.0. The van der Waals surface area contributed by atoms with Gasteiger partial charge in [-0.25, -0.2) is 13.1 Å². The van der Waals surface area contributed by atoms with Gasteiger partial charge in [-0.15, -0.1) is 0 Å². The van der Waals surface area contributed by atoms with Crippen LogP contribution in [0.2, 0.25) is 0 Å². The summed E-state index contributed by atoms with van der Waals surface area (Å²) in [6, 6.07) is 0. The van der Waals surface area contributed by atoms with Gasteiger partial charge < -0.3 is 5.32 Å². The van der Waals surface area contributed by atoms with Gasteiger partial charge in [-0.05, 0) is 32.1 Å². The summed E-state index contributed by atoms with van der Waals surface area (Å²) in [5.74, 6) is 1.17. The van der Waals surface area contributed by atoms with Crippen LogP contribution in [-0.4, -0.2) is 44.3 Å². The second-order valence-electron chi connectivity index (χ2n) is 4.15. The van der Waals surface area contributed by atoms with Crippen LogP contribution in [0.3, 0.4) is 0 Å². The second kappa shape index (κ2) is 6.83. The first-order chi connectivity index (χ1) is 7.56. The van der Waals surface area contributed by atoms with Crippen LogP contribution < -0.4 is 10.0 Å². The molecule has 0 aliphatic carbocycles. The van der Waals surface area contributed by atoms with E-state index in [1.165, 1.54) is 12.2 Å². The maximum Gasteiger partial charge on any atom is 0.215 e. The van der Waals surface area contributed by atoms with E-state index >= 15 is 0 Å². The van der Waals surface area contributed by atoms with Crippen LogP contribution in [0.1, 0.15) is 26.7 Å². The van der Waals surface area contributed by atoms with Crippen molar-refractivity contribution in [2.24, 2.45) is 0 Å². The summed E-state index contributed by atoms with van der Waals surface area (Å²) in [6.07, 6.45) is 2.35. The molecule has 4 nitrogen and oxygen atoms in total. The summed E-state index contributed by atoms with van der Waals surface area (Å²) >= 11 is 1.87. The van der Waals surface area contributed by atoms with Crippen LogP contribution in [0.4, 0.5) is 0 Å². The molecule has 2 unspecified atom stereocenters. The summed E-state index contributed by atoms with van der Waals surface area (Å²) < 4.78 is 26.4. The molecule has 0 amide bonds. The van der Waals surface area contributed by atoms with Crippen molar-refractivity contribution >= 4 is 21.8 Å². The van der Waals surface area contributed by atoms with Gasteiger partial charge in [-0.2, -0.15) is 11.8 Å². The van der Waals surface area contributed by atoms with E-state index in [4.69, 9.17) is 0 Å². The van der Waals surface area contributed by atoms with Gasteiger partial charge in [0, 0.05) is 18.3 Å². The summed E-state index contributed by atoms with van der Waals surface area (Å²) in [5, 5.41) is 3.17. The largest absolute Gasteiger partial charge is 0.316 e. The monoisotopic (exact) mass is 266 g/mol. The summed E-state index contributed by atoms with van der Waals surface area (Å²) in [7, 11) is -3.15. The molecule has 1 saturated heterocycles. The Hall–Kier alpha value is 0.220. The summed E-state index contributed by atoms with van der Waals surface area (Å²) in [6.45, 7) is 5.63. The van der Waals surface area contributed by atoms with Crippen LogP contribution in [-0.2, 0) is 10.0 Å². The Morgan fingerprint density at radius 1 is 1.50 bits per heavy atom. The van der Waals surface area contributed by atoms with E-state index in [2.05, 4.69) is 10.0 Å². The number of rotatable bonds is 7. The van der Waals surface area contributed by atoms with Gasteiger partial charge in [0.1, 0.15) is 0 Å². The molecule has 2 N–H and O–H groups in total. The van der Waals surface area contributed by atoms with Crippen LogP contribution >= 0.6 is 11.8 Å². The van der Waals surface area contributed by atoms with Gasteiger partial charge >= 0.3 is 0 Å². The first kappa shape index (κ1) is 14.3. The molecule has 1 aliphatic rings. The molecule has 96 valence electrons. The van der Waals surface area contributed by atoms with Gasteiger partial charge in [-0.1, -0.05) is 6.92 Å². The van der Waals surface area contributed by atoms with Gasteiger partial charge in [0.05, 0.1) is 5.25 Å². The summed E-state index contributed by atoms with van der Waals surface area (Å²) in [5.41, 5.74) is 0. The fraction of sp³-hybridized carbons (Fsp3) is 1.00. The minimum Gasteiger partial charge on any atom is -0.316 e. The predicted molar refractivity (Wildman–Crippen MR) is 70.4 cm³/mol. The van der Waals surface area contributed by atoms with Crippen molar-refractivity contribution in [3.63, 3.8) is 0 Å². The molecule has 6 heteroatoms. The molecular weight excluding hydrogens is 244 g/mol. The Kier molecular flexibility index (Phi) is 6.10. The zero-order valence-corrected chi connectivity index (χ0v) is 11.7. The average Bonchev–Trinajstić information content (AvgIpc) is 2.76. The lowest BCUT2D eigenvalue weighted by Gasteiger charge is -2.16. The van der Waals surface area contributed by atoms with Crippen molar-refractivity contribution < 1.29 is 8.42 Å². The highest BCUT2D eigenvalue weighted by Crippen LogP contribution is 2.25. The first-order valence-corrected chi connectivity index (χ1v) is 8.46. The maximum atomic E-state index is 11.8. The molecular formula is C10H22N2O2S2. The lowest BCUT2D eigenvalue weighted by Crippen LogP contribution is -2.41. The van der Waals surface area contributed by atoms with Crippen molar-refractivity contribution in [2.45, 2.75) is 37.2 Å². The molecule has 0 aromatic rings. The van der Waals surface area contributed by atoms with Gasteiger partial charge in [0.15, 0.2) is 0 Å². The van der Waals surface area contributed by atoms with E-state index in [1.807, 2.05) is 18.7 Å². The van der Waals surface area contributed by atoms with E-state index in [0.717, 1.165) is 13.0 Å². The fourth-order valence-electron chi connectivity index (χ4n) is 1.61. The number of hydrogen-bond donors (Lipinski definition) is 2. The van der Waals surface area contributed by atoms with Crippen molar-refractivity contribution in [1.82, 2.24) is 10.0 Å². The molecule has 1 heterocycles. The predicted octanol–water partition coefficient (Wildman–Crippen LogP) is 0.799. The molecule has 0 aromatic carbocycles. The van der Waals surface area contributed by atoms with E-state index < -0.39 is 10.0 Å². The normalized spacial score (nSPS) is 23.5. The van der Waals surface area contributed by atoms with E-state index in [1.54, 1.807) is 6.92 Å². The fourth-order valence-corrected chi connectivity index (χ4v) is 3.98. The Morgan fingerprint density at radius 2 is 2.25 bits per heavy atom. The third-order valence-corrected chi connectivity index (χ3v) is 5.94. The highest BCUT2D eigenvalue weighted by Gasteiger charge is 2.23. The Bertz CT molecular complexity index is 287. The number of hydrogen-bond acceptors (Lipinski definition) is 4. The van der Waals surface area contributed by atoms with Crippen LogP contribution in [0.5, 0.6) is 0 Å². The SMILES string of the molecule is CCNCC(C)S(=O)(=O)NCC1CCCS1. The van der Waals surface area contributed by atoms with Crippen molar-refractivity contribution in [1.29, 1.82) is 0 Å². The molecule has 0 bridgehead atoms. The molecule has 0 saturated carbocycles. The number of nitrogens with one attached hydrogen (secondary N) is 2. The molecule has 1 aliphatic heterocycles. The minimum atomic E-state index is -3.15. The van der Waals surface area contributed by atoms with Crippen LogP contribution in [0, 0.1) is 0 Å². The molecule has 0 radical (unpaired) electrons. The molecule has 0 spiro atoms. The molecule has 0 aromatic heterocycles. The lowest BCUT2D eigenvalue weighted by molar-refractivity contribution is 0.558. The highest BCUT2D eigenvalue weighted by atomic mass is 32.2. The Labute approximate surface area is 103 Å². The Balaban J connectivity index is 2.32. The quantitative estimate of drug-likeness (QED) is 0.715. The van der Waals surface area contributed by atoms with Gasteiger partial charge in [-0.3, -0.25) is 0 Å². The molecule has 1 rings (SSSR count). The first-order valence-electron chi connectivity index (χ1n) is 5.87. The van der Waals surface area contributed by atoms with E-state index in [-0.39, 0.29) is 5.25 Å². The van der Waals surface area contributed by atoms with Crippen molar-refractivity contribution in [3.05, 3.63) is 0 Å². The van der Waals surface area contributed by atoms with E-state index in [9.17, 15) is 8.42 Å². The average molecular weight is 266 g/mol. The zero-order valence-electron chi connectivity index (χ0n) is 10.0. The molecule has 2 atom stereocenters. The van der Waals surface area contributed by atoms with Crippen LogP contribution in [0.25, 0.3) is 0 Å².